The number of hydrogen-bond donors (Lipinski definition) is 3. The third kappa shape index (κ3) is 5.69. The maximum Gasteiger partial charge on any atom is 0.257 e. The van der Waals surface area contributed by atoms with Gasteiger partial charge in [0.1, 0.15) is 0 Å². The molecule has 0 aliphatic carbocycles. The lowest BCUT2D eigenvalue weighted by Gasteiger charge is -2.11. The van der Waals surface area contributed by atoms with E-state index in [1.54, 1.807) is 36.4 Å². The summed E-state index contributed by atoms with van der Waals surface area (Å²) in [7, 11) is 0. The lowest BCUT2D eigenvalue weighted by molar-refractivity contribution is -0.118. The SMILES string of the molecule is Cc1cccc(C(=O)NC(=S)Nc2ccc(NC(=O)C(C)C)cc2)c1. The maximum atomic E-state index is 12.2. The topological polar surface area (TPSA) is 70.2 Å². The van der Waals surface area contributed by atoms with Crippen molar-refractivity contribution in [2.75, 3.05) is 10.6 Å². The van der Waals surface area contributed by atoms with Crippen LogP contribution in [0.1, 0.15) is 29.8 Å². The van der Waals surface area contributed by atoms with E-state index in [9.17, 15) is 9.59 Å². The average molecular weight is 355 g/mol. The van der Waals surface area contributed by atoms with Gasteiger partial charge in [-0.2, -0.15) is 0 Å². The summed E-state index contributed by atoms with van der Waals surface area (Å²) >= 11 is 5.17. The number of thiocarbonyl (C=S) groups is 1. The molecule has 25 heavy (non-hydrogen) atoms. The van der Waals surface area contributed by atoms with Crippen LogP contribution in [0.5, 0.6) is 0 Å². The van der Waals surface area contributed by atoms with Gasteiger partial charge in [0, 0.05) is 22.9 Å². The molecule has 0 unspecified atom stereocenters. The van der Waals surface area contributed by atoms with Crippen molar-refractivity contribution in [3.05, 3.63) is 59.7 Å². The van der Waals surface area contributed by atoms with Crippen molar-refractivity contribution >= 4 is 40.5 Å². The molecule has 0 atom stereocenters. The second-order valence-electron chi connectivity index (χ2n) is 6.00. The Morgan fingerprint density at radius 1 is 0.960 bits per heavy atom. The average Bonchev–Trinajstić information content (AvgIpc) is 2.56. The Kier molecular flexibility index (Phi) is 6.25. The summed E-state index contributed by atoms with van der Waals surface area (Å²) in [5.41, 5.74) is 2.98. The fourth-order valence-electron chi connectivity index (χ4n) is 2.05. The van der Waals surface area contributed by atoms with Crippen LogP contribution in [0.15, 0.2) is 48.5 Å². The van der Waals surface area contributed by atoms with Gasteiger partial charge in [-0.15, -0.1) is 0 Å². The first-order valence-electron chi connectivity index (χ1n) is 7.95. The minimum absolute atomic E-state index is 0.0401. The number of benzene rings is 2. The van der Waals surface area contributed by atoms with Gasteiger partial charge in [-0.05, 0) is 55.5 Å². The van der Waals surface area contributed by atoms with Crippen LogP contribution in [0, 0.1) is 12.8 Å². The van der Waals surface area contributed by atoms with Gasteiger partial charge in [-0.25, -0.2) is 0 Å². The monoisotopic (exact) mass is 355 g/mol. The summed E-state index contributed by atoms with van der Waals surface area (Å²) in [6.45, 7) is 5.59. The molecule has 130 valence electrons. The van der Waals surface area contributed by atoms with E-state index in [1.807, 2.05) is 32.9 Å². The Morgan fingerprint density at radius 3 is 2.12 bits per heavy atom. The van der Waals surface area contributed by atoms with Gasteiger partial charge >= 0.3 is 0 Å². The summed E-state index contributed by atoms with van der Waals surface area (Å²) in [6, 6.07) is 14.4. The van der Waals surface area contributed by atoms with Crippen LogP contribution in [-0.2, 0) is 4.79 Å². The molecule has 0 saturated heterocycles. The second-order valence-corrected chi connectivity index (χ2v) is 6.41. The van der Waals surface area contributed by atoms with Gasteiger partial charge in [0.2, 0.25) is 5.91 Å². The molecular weight excluding hydrogens is 334 g/mol. The molecule has 5 nitrogen and oxygen atoms in total. The smallest absolute Gasteiger partial charge is 0.257 e. The highest BCUT2D eigenvalue weighted by Gasteiger charge is 2.09. The second kappa shape index (κ2) is 8.39. The third-order valence-corrected chi connectivity index (χ3v) is 3.65. The Balaban J connectivity index is 1.92. The molecule has 6 heteroatoms. The fraction of sp³-hybridized carbons (Fsp3) is 0.211. The molecular formula is C19H21N3O2S. The van der Waals surface area contributed by atoms with Crippen LogP contribution in [-0.4, -0.2) is 16.9 Å². The number of nitrogens with one attached hydrogen (secondary N) is 3. The molecule has 0 spiro atoms. The fourth-order valence-corrected chi connectivity index (χ4v) is 2.26. The molecule has 3 N–H and O–H groups in total. The molecule has 2 aromatic carbocycles. The number of hydrogen-bond acceptors (Lipinski definition) is 3. The van der Waals surface area contributed by atoms with Crippen molar-refractivity contribution in [1.82, 2.24) is 5.32 Å². The summed E-state index contributed by atoms with van der Waals surface area (Å²) in [6.07, 6.45) is 0. The predicted molar refractivity (Wildman–Crippen MR) is 105 cm³/mol. The Labute approximate surface area is 152 Å². The van der Waals surface area contributed by atoms with Gasteiger partial charge in [-0.3, -0.25) is 14.9 Å². The van der Waals surface area contributed by atoms with Gasteiger partial charge < -0.3 is 10.6 Å². The zero-order valence-corrected chi connectivity index (χ0v) is 15.2. The lowest BCUT2D eigenvalue weighted by atomic mass is 10.1. The molecule has 2 rings (SSSR count). The highest BCUT2D eigenvalue weighted by Crippen LogP contribution is 2.14. The summed E-state index contributed by atoms with van der Waals surface area (Å²) < 4.78 is 0. The molecule has 0 saturated carbocycles. The predicted octanol–water partition coefficient (Wildman–Crippen LogP) is 3.72. The largest absolute Gasteiger partial charge is 0.332 e. The summed E-state index contributed by atoms with van der Waals surface area (Å²) in [5, 5.41) is 8.62. The van der Waals surface area contributed by atoms with E-state index < -0.39 is 0 Å². The van der Waals surface area contributed by atoms with Crippen molar-refractivity contribution in [2.45, 2.75) is 20.8 Å². The molecule has 2 aromatic rings. The Morgan fingerprint density at radius 2 is 1.56 bits per heavy atom. The summed E-state index contributed by atoms with van der Waals surface area (Å²) in [5.74, 6) is -0.383. The van der Waals surface area contributed by atoms with E-state index in [1.165, 1.54) is 0 Å². The van der Waals surface area contributed by atoms with E-state index in [0.717, 1.165) is 11.3 Å². The number of anilines is 2. The highest BCUT2D eigenvalue weighted by molar-refractivity contribution is 7.80. The number of carbonyl (C=O) groups excluding carboxylic acids is 2. The van der Waals surface area contributed by atoms with Crippen LogP contribution in [0.2, 0.25) is 0 Å². The molecule has 0 aromatic heterocycles. The van der Waals surface area contributed by atoms with Crippen molar-refractivity contribution < 1.29 is 9.59 Å². The third-order valence-electron chi connectivity index (χ3n) is 3.44. The maximum absolute atomic E-state index is 12.2. The van der Waals surface area contributed by atoms with Gasteiger partial charge in [0.15, 0.2) is 5.11 Å². The normalized spacial score (nSPS) is 10.2. The van der Waals surface area contributed by atoms with Crippen molar-refractivity contribution in [1.29, 1.82) is 0 Å². The first-order valence-corrected chi connectivity index (χ1v) is 8.36. The van der Waals surface area contributed by atoms with Crippen molar-refractivity contribution in [2.24, 2.45) is 5.92 Å². The molecule has 2 amide bonds. The first-order chi connectivity index (χ1) is 11.8. The van der Waals surface area contributed by atoms with Gasteiger partial charge in [0.25, 0.3) is 5.91 Å². The molecule has 0 aliphatic rings. The van der Waals surface area contributed by atoms with E-state index in [0.29, 0.717) is 11.3 Å². The quantitative estimate of drug-likeness (QED) is 0.731. The van der Waals surface area contributed by atoms with Crippen LogP contribution in [0.4, 0.5) is 11.4 Å². The van der Waals surface area contributed by atoms with Crippen LogP contribution < -0.4 is 16.0 Å². The Bertz CT molecular complexity index is 786. The minimum Gasteiger partial charge on any atom is -0.332 e. The Hall–Kier alpha value is -2.73. The lowest BCUT2D eigenvalue weighted by Crippen LogP contribution is -2.34. The van der Waals surface area contributed by atoms with E-state index in [2.05, 4.69) is 16.0 Å². The van der Waals surface area contributed by atoms with E-state index >= 15 is 0 Å². The number of carbonyl (C=O) groups is 2. The van der Waals surface area contributed by atoms with Crippen LogP contribution >= 0.6 is 12.2 Å². The standard InChI is InChI=1S/C19H21N3O2S/c1-12(2)17(23)20-15-7-9-16(10-8-15)21-19(25)22-18(24)14-6-4-5-13(3)11-14/h4-12H,1-3H3,(H,20,23)(H2,21,22,24,25). The highest BCUT2D eigenvalue weighted by atomic mass is 32.1. The zero-order valence-electron chi connectivity index (χ0n) is 14.4. The van der Waals surface area contributed by atoms with Crippen LogP contribution in [0.3, 0.4) is 0 Å². The summed E-state index contributed by atoms with van der Waals surface area (Å²) in [4.78, 5) is 23.8. The molecule has 0 heterocycles. The number of rotatable bonds is 4. The van der Waals surface area contributed by atoms with E-state index in [4.69, 9.17) is 12.2 Å². The first kappa shape index (κ1) is 18.6. The van der Waals surface area contributed by atoms with E-state index in [-0.39, 0.29) is 22.8 Å². The molecule has 0 aliphatic heterocycles. The van der Waals surface area contributed by atoms with Gasteiger partial charge in [0.05, 0.1) is 0 Å². The number of amides is 2. The number of aryl methyl sites for hydroxylation is 1. The van der Waals surface area contributed by atoms with Crippen molar-refractivity contribution in [3.63, 3.8) is 0 Å². The minimum atomic E-state index is -0.262. The molecule has 0 fully saturated rings. The molecule has 0 bridgehead atoms. The zero-order chi connectivity index (χ0) is 18.4. The van der Waals surface area contributed by atoms with Crippen LogP contribution in [0.25, 0.3) is 0 Å². The van der Waals surface area contributed by atoms with Crippen molar-refractivity contribution in [3.8, 4) is 0 Å². The molecule has 0 radical (unpaired) electrons. The van der Waals surface area contributed by atoms with Gasteiger partial charge in [-0.1, -0.05) is 31.5 Å².